The van der Waals surface area contributed by atoms with Gasteiger partial charge in [0.25, 0.3) is 0 Å². The molecule has 1 aromatic heterocycles. The quantitative estimate of drug-likeness (QED) is 0.733. The van der Waals surface area contributed by atoms with Crippen LogP contribution in [-0.2, 0) is 11.3 Å². The Bertz CT molecular complexity index is 686. The summed E-state index contributed by atoms with van der Waals surface area (Å²) < 4.78 is 4.89. The van der Waals surface area contributed by atoms with Crippen molar-refractivity contribution in [3.63, 3.8) is 0 Å². The summed E-state index contributed by atoms with van der Waals surface area (Å²) in [4.78, 5) is 27.3. The zero-order chi connectivity index (χ0) is 16.7. The molecule has 0 unspecified atom stereocenters. The van der Waals surface area contributed by atoms with E-state index in [1.165, 1.54) is 6.20 Å². The number of nitrogens with one attached hydrogen (secondary N) is 2. The molecule has 0 fully saturated rings. The van der Waals surface area contributed by atoms with Gasteiger partial charge in [0.1, 0.15) is 0 Å². The molecule has 0 aliphatic rings. The number of hydrogen-bond acceptors (Lipinski definition) is 5. The van der Waals surface area contributed by atoms with E-state index in [1.54, 1.807) is 43.5 Å². The Kier molecular flexibility index (Phi) is 5.51. The maximum absolute atomic E-state index is 11.8. The average Bonchev–Trinajstić information content (AvgIpc) is 2.55. The van der Waals surface area contributed by atoms with Gasteiger partial charge in [-0.1, -0.05) is 0 Å². The summed E-state index contributed by atoms with van der Waals surface area (Å²) in [7, 11) is 0. The summed E-state index contributed by atoms with van der Waals surface area (Å²) >= 11 is 0. The topological polar surface area (TPSA) is 106 Å². The maximum atomic E-state index is 11.8. The third-order valence-electron chi connectivity index (χ3n) is 3.04. The zero-order valence-electron chi connectivity index (χ0n) is 12.7. The number of nitrogen functional groups attached to an aromatic ring is 1. The van der Waals surface area contributed by atoms with Gasteiger partial charge in [0, 0.05) is 18.4 Å². The Labute approximate surface area is 133 Å². The molecule has 120 valence electrons. The van der Waals surface area contributed by atoms with Gasteiger partial charge in [0.15, 0.2) is 0 Å². The van der Waals surface area contributed by atoms with Crippen LogP contribution in [0.15, 0.2) is 42.7 Å². The summed E-state index contributed by atoms with van der Waals surface area (Å²) in [5.41, 5.74) is 8.06. The Balaban J connectivity index is 1.88. The van der Waals surface area contributed by atoms with E-state index >= 15 is 0 Å². The number of benzene rings is 1. The van der Waals surface area contributed by atoms with E-state index in [1.807, 2.05) is 0 Å². The van der Waals surface area contributed by atoms with E-state index in [0.717, 1.165) is 5.56 Å². The number of aromatic nitrogens is 1. The van der Waals surface area contributed by atoms with E-state index in [2.05, 4.69) is 15.6 Å². The van der Waals surface area contributed by atoms with Crippen LogP contribution in [0, 0.1) is 0 Å². The van der Waals surface area contributed by atoms with Crippen LogP contribution in [0.1, 0.15) is 22.8 Å². The van der Waals surface area contributed by atoms with Crippen molar-refractivity contribution in [2.75, 3.05) is 17.7 Å². The molecule has 7 heteroatoms. The van der Waals surface area contributed by atoms with Crippen molar-refractivity contribution in [1.29, 1.82) is 0 Å². The lowest BCUT2D eigenvalue weighted by molar-refractivity contribution is 0.0526. The monoisotopic (exact) mass is 314 g/mol. The normalized spacial score (nSPS) is 9.96. The second-order valence-corrected chi connectivity index (χ2v) is 4.68. The van der Waals surface area contributed by atoms with Crippen LogP contribution in [0.5, 0.6) is 0 Å². The van der Waals surface area contributed by atoms with Crippen molar-refractivity contribution >= 4 is 23.4 Å². The molecule has 0 saturated carbocycles. The molecular formula is C16H18N4O3. The van der Waals surface area contributed by atoms with Gasteiger partial charge < -0.3 is 21.1 Å². The number of anilines is 2. The molecule has 1 heterocycles. The van der Waals surface area contributed by atoms with Crippen molar-refractivity contribution in [3.8, 4) is 0 Å². The fraction of sp³-hybridized carbons (Fsp3) is 0.188. The molecule has 0 radical (unpaired) electrons. The molecule has 2 amide bonds. The number of nitrogens with zero attached hydrogens (tertiary/aromatic N) is 1. The Morgan fingerprint density at radius 2 is 1.96 bits per heavy atom. The lowest BCUT2D eigenvalue weighted by Crippen LogP contribution is -2.28. The van der Waals surface area contributed by atoms with Crippen LogP contribution < -0.4 is 16.4 Å². The Morgan fingerprint density at radius 1 is 1.22 bits per heavy atom. The number of ether oxygens (including phenoxy) is 1. The highest BCUT2D eigenvalue weighted by Crippen LogP contribution is 2.11. The van der Waals surface area contributed by atoms with Gasteiger partial charge in [-0.2, -0.15) is 0 Å². The number of hydrogen-bond donors (Lipinski definition) is 3. The molecule has 0 aliphatic heterocycles. The highest BCUT2D eigenvalue weighted by atomic mass is 16.5. The molecule has 23 heavy (non-hydrogen) atoms. The number of carbonyl (C=O) groups excluding carboxylic acids is 2. The second-order valence-electron chi connectivity index (χ2n) is 4.68. The predicted molar refractivity (Wildman–Crippen MR) is 86.9 cm³/mol. The van der Waals surface area contributed by atoms with Crippen LogP contribution in [0.2, 0.25) is 0 Å². The smallest absolute Gasteiger partial charge is 0.338 e. The third-order valence-corrected chi connectivity index (χ3v) is 3.04. The SMILES string of the molecule is CCOC(=O)c1ccc(NC(=O)NCc2ccncc2N)cc1. The summed E-state index contributed by atoms with van der Waals surface area (Å²) in [5, 5.41) is 5.37. The average molecular weight is 314 g/mol. The first-order valence-electron chi connectivity index (χ1n) is 7.10. The fourth-order valence-electron chi connectivity index (χ4n) is 1.85. The van der Waals surface area contributed by atoms with Gasteiger partial charge in [-0.05, 0) is 42.8 Å². The molecule has 2 rings (SSSR count). The minimum Gasteiger partial charge on any atom is -0.462 e. The van der Waals surface area contributed by atoms with Gasteiger partial charge in [0.05, 0.1) is 24.1 Å². The van der Waals surface area contributed by atoms with Gasteiger partial charge >= 0.3 is 12.0 Å². The molecule has 1 aromatic carbocycles. The fourth-order valence-corrected chi connectivity index (χ4v) is 1.85. The minimum absolute atomic E-state index is 0.293. The molecule has 4 N–H and O–H groups in total. The number of esters is 1. The molecule has 0 bridgehead atoms. The van der Waals surface area contributed by atoms with Gasteiger partial charge in [-0.3, -0.25) is 4.98 Å². The number of urea groups is 1. The summed E-state index contributed by atoms with van der Waals surface area (Å²) in [6.45, 7) is 2.36. The minimum atomic E-state index is -0.392. The lowest BCUT2D eigenvalue weighted by atomic mass is 10.2. The number of pyridine rings is 1. The molecule has 0 saturated heterocycles. The van der Waals surface area contributed by atoms with Crippen LogP contribution in [0.25, 0.3) is 0 Å². The van der Waals surface area contributed by atoms with Crippen molar-refractivity contribution < 1.29 is 14.3 Å². The Morgan fingerprint density at radius 3 is 2.61 bits per heavy atom. The predicted octanol–water partition coefficient (Wildman–Crippen LogP) is 2.16. The number of amides is 2. The van der Waals surface area contributed by atoms with Crippen LogP contribution in [0.4, 0.5) is 16.2 Å². The third kappa shape index (κ3) is 4.70. The largest absolute Gasteiger partial charge is 0.462 e. The van der Waals surface area contributed by atoms with E-state index < -0.39 is 5.97 Å². The van der Waals surface area contributed by atoms with Crippen LogP contribution in [-0.4, -0.2) is 23.6 Å². The number of rotatable bonds is 5. The molecule has 2 aromatic rings. The standard InChI is InChI=1S/C16H18N4O3/c1-2-23-15(21)11-3-5-13(6-4-11)20-16(22)19-9-12-7-8-18-10-14(12)17/h3-8,10H,2,9,17H2,1H3,(H2,19,20,22). The molecule has 0 aliphatic carbocycles. The van der Waals surface area contributed by atoms with Crippen LogP contribution >= 0.6 is 0 Å². The van der Waals surface area contributed by atoms with Crippen molar-refractivity contribution in [1.82, 2.24) is 10.3 Å². The molecule has 0 atom stereocenters. The Hall–Kier alpha value is -3.09. The summed E-state index contributed by atoms with van der Waals surface area (Å²) in [6.07, 6.45) is 3.14. The van der Waals surface area contributed by atoms with Gasteiger partial charge in [-0.25, -0.2) is 9.59 Å². The maximum Gasteiger partial charge on any atom is 0.338 e. The van der Waals surface area contributed by atoms with Gasteiger partial charge in [-0.15, -0.1) is 0 Å². The second kappa shape index (κ2) is 7.79. The highest BCUT2D eigenvalue weighted by molar-refractivity contribution is 5.92. The lowest BCUT2D eigenvalue weighted by Gasteiger charge is -2.09. The number of nitrogens with two attached hydrogens (primary N) is 1. The molecule has 7 nitrogen and oxygen atoms in total. The van der Waals surface area contributed by atoms with Crippen molar-refractivity contribution in [2.45, 2.75) is 13.5 Å². The first-order chi connectivity index (χ1) is 11.1. The van der Waals surface area contributed by atoms with Crippen molar-refractivity contribution in [2.24, 2.45) is 0 Å². The first-order valence-corrected chi connectivity index (χ1v) is 7.10. The number of carbonyl (C=O) groups is 2. The zero-order valence-corrected chi connectivity index (χ0v) is 12.7. The molecular weight excluding hydrogens is 296 g/mol. The molecule has 0 spiro atoms. The summed E-state index contributed by atoms with van der Waals surface area (Å²) in [5.74, 6) is -0.392. The van der Waals surface area contributed by atoms with Gasteiger partial charge in [0.2, 0.25) is 0 Å². The van der Waals surface area contributed by atoms with E-state index in [0.29, 0.717) is 30.1 Å². The van der Waals surface area contributed by atoms with E-state index in [-0.39, 0.29) is 6.03 Å². The van der Waals surface area contributed by atoms with Crippen molar-refractivity contribution in [3.05, 3.63) is 53.9 Å². The highest BCUT2D eigenvalue weighted by Gasteiger charge is 2.07. The first kappa shape index (κ1) is 16.3. The van der Waals surface area contributed by atoms with E-state index in [4.69, 9.17) is 10.5 Å². The van der Waals surface area contributed by atoms with Crippen LogP contribution in [0.3, 0.4) is 0 Å². The summed E-state index contributed by atoms with van der Waals surface area (Å²) in [6, 6.07) is 7.82. The van der Waals surface area contributed by atoms with E-state index in [9.17, 15) is 9.59 Å².